The number of hydrogen-bond acceptors (Lipinski definition) is 1. The van der Waals surface area contributed by atoms with Crippen LogP contribution >= 0.6 is 0 Å². The summed E-state index contributed by atoms with van der Waals surface area (Å²) in [6.45, 7) is 0.466. The molecular weight excluding hydrogens is 327 g/mol. The summed E-state index contributed by atoms with van der Waals surface area (Å²) in [6.07, 6.45) is 0.336. The number of amides is 1. The lowest BCUT2D eigenvalue weighted by atomic mass is 10.1. The molecule has 0 fully saturated rings. The van der Waals surface area contributed by atoms with E-state index in [1.165, 1.54) is 17.5 Å². The number of carbonyl (C=O) groups is 1. The molecule has 1 N–H and O–H groups in total. The molecule has 1 aromatic heterocycles. The molecule has 0 saturated heterocycles. The van der Waals surface area contributed by atoms with Crippen molar-refractivity contribution >= 4 is 27.7 Å². The van der Waals surface area contributed by atoms with Crippen LogP contribution in [-0.4, -0.2) is 22.8 Å². The fourth-order valence-electron chi connectivity index (χ4n) is 3.27. The van der Waals surface area contributed by atoms with E-state index in [-0.39, 0.29) is 11.7 Å². The minimum Gasteiger partial charge on any atom is -0.355 e. The van der Waals surface area contributed by atoms with E-state index in [0.717, 1.165) is 27.5 Å². The summed E-state index contributed by atoms with van der Waals surface area (Å²) in [5, 5.41) is 2.35. The van der Waals surface area contributed by atoms with E-state index < -0.39 is 0 Å². The molecule has 0 saturated carbocycles. The van der Waals surface area contributed by atoms with Gasteiger partial charge in [-0.25, -0.2) is 4.39 Å². The third-order valence-corrected chi connectivity index (χ3v) is 4.68. The number of likely N-dealkylation sites (N-methyl/N-ethyl adjacent to an activating group) is 1. The third-order valence-electron chi connectivity index (χ3n) is 4.68. The maximum absolute atomic E-state index is 13.0. The van der Waals surface area contributed by atoms with Crippen LogP contribution in [0.3, 0.4) is 0 Å². The summed E-state index contributed by atoms with van der Waals surface area (Å²) < 4.78 is 13.0. The van der Waals surface area contributed by atoms with E-state index in [1.807, 2.05) is 24.3 Å². The van der Waals surface area contributed by atoms with Gasteiger partial charge < -0.3 is 9.88 Å². The fourth-order valence-corrected chi connectivity index (χ4v) is 3.27. The molecule has 3 nitrogen and oxygen atoms in total. The second kappa shape index (κ2) is 6.64. The van der Waals surface area contributed by atoms with Gasteiger partial charge in [0.2, 0.25) is 5.91 Å². The maximum atomic E-state index is 13.0. The summed E-state index contributed by atoms with van der Waals surface area (Å²) in [5.41, 5.74) is 4.02. The summed E-state index contributed by atoms with van der Waals surface area (Å²) in [5.74, 6) is -0.237. The number of halogens is 1. The highest BCUT2D eigenvalue weighted by Gasteiger charge is 2.12. The minimum absolute atomic E-state index is 0.0322. The topological polar surface area (TPSA) is 36.1 Å². The van der Waals surface area contributed by atoms with Crippen LogP contribution in [-0.2, 0) is 17.8 Å². The van der Waals surface area contributed by atoms with Crippen LogP contribution < -0.4 is 0 Å². The van der Waals surface area contributed by atoms with Crippen molar-refractivity contribution in [3.05, 3.63) is 83.7 Å². The lowest BCUT2D eigenvalue weighted by Crippen LogP contribution is -2.27. The van der Waals surface area contributed by atoms with E-state index in [2.05, 4.69) is 23.2 Å². The number of nitrogens with zero attached hydrogens (tertiary/aromatic N) is 1. The summed E-state index contributed by atoms with van der Waals surface area (Å²) in [6, 6.07) is 20.5. The Balaban J connectivity index is 1.51. The second-order valence-corrected chi connectivity index (χ2v) is 6.60. The molecule has 0 radical (unpaired) electrons. The van der Waals surface area contributed by atoms with Crippen LogP contribution in [0.15, 0.2) is 66.7 Å². The molecule has 130 valence electrons. The van der Waals surface area contributed by atoms with E-state index in [1.54, 1.807) is 24.1 Å². The van der Waals surface area contributed by atoms with Gasteiger partial charge in [-0.3, -0.25) is 4.79 Å². The van der Waals surface area contributed by atoms with Crippen molar-refractivity contribution in [2.45, 2.75) is 13.0 Å². The van der Waals surface area contributed by atoms with E-state index >= 15 is 0 Å². The van der Waals surface area contributed by atoms with Crippen LogP contribution in [0.5, 0.6) is 0 Å². The van der Waals surface area contributed by atoms with Gasteiger partial charge in [-0.1, -0.05) is 42.5 Å². The standard InChI is InChI=1S/C22H19FN2O/c1-25(14-15-6-9-17(23)10-7-15)22(26)13-16-8-11-19-18-4-2-3-5-20(18)24-21(19)12-16/h2-12,24H,13-14H2,1H3. The predicted octanol–water partition coefficient (Wildman–Crippen LogP) is 4.66. The number of carbonyl (C=O) groups excluding carboxylic acids is 1. The van der Waals surface area contributed by atoms with Gasteiger partial charge in [0.25, 0.3) is 0 Å². The summed E-state index contributed by atoms with van der Waals surface area (Å²) in [4.78, 5) is 17.6. The molecule has 0 aliphatic heterocycles. The van der Waals surface area contributed by atoms with Gasteiger partial charge in [-0.2, -0.15) is 0 Å². The van der Waals surface area contributed by atoms with Crippen LogP contribution in [0.25, 0.3) is 21.8 Å². The van der Waals surface area contributed by atoms with Crippen LogP contribution in [0, 0.1) is 5.82 Å². The Hall–Kier alpha value is -3.14. The molecule has 0 spiro atoms. The number of benzene rings is 3. The Morgan fingerprint density at radius 3 is 2.42 bits per heavy atom. The molecule has 4 heteroatoms. The highest BCUT2D eigenvalue weighted by Crippen LogP contribution is 2.26. The van der Waals surface area contributed by atoms with E-state index in [4.69, 9.17) is 0 Å². The normalized spacial score (nSPS) is 11.2. The average Bonchev–Trinajstić information content (AvgIpc) is 3.01. The molecule has 1 heterocycles. The van der Waals surface area contributed by atoms with Gasteiger partial charge in [-0.05, 0) is 35.4 Å². The molecule has 3 aromatic carbocycles. The second-order valence-electron chi connectivity index (χ2n) is 6.60. The van der Waals surface area contributed by atoms with Gasteiger partial charge in [0.05, 0.1) is 6.42 Å². The van der Waals surface area contributed by atoms with Crippen molar-refractivity contribution in [3.63, 3.8) is 0 Å². The van der Waals surface area contributed by atoms with Gasteiger partial charge in [0.15, 0.2) is 0 Å². The third kappa shape index (κ3) is 3.18. The number of hydrogen-bond donors (Lipinski definition) is 1. The Morgan fingerprint density at radius 1 is 0.923 bits per heavy atom. The molecule has 1 amide bonds. The lowest BCUT2D eigenvalue weighted by Gasteiger charge is -2.17. The van der Waals surface area contributed by atoms with Gasteiger partial charge in [0, 0.05) is 35.4 Å². The van der Waals surface area contributed by atoms with Crippen molar-refractivity contribution in [1.82, 2.24) is 9.88 Å². The smallest absolute Gasteiger partial charge is 0.227 e. The zero-order valence-corrected chi connectivity index (χ0v) is 14.5. The molecule has 0 aliphatic rings. The maximum Gasteiger partial charge on any atom is 0.227 e. The van der Waals surface area contributed by atoms with Crippen molar-refractivity contribution in [3.8, 4) is 0 Å². The fraction of sp³-hybridized carbons (Fsp3) is 0.136. The largest absolute Gasteiger partial charge is 0.355 e. The van der Waals surface area contributed by atoms with Gasteiger partial charge >= 0.3 is 0 Å². The van der Waals surface area contributed by atoms with Crippen molar-refractivity contribution in [2.75, 3.05) is 7.05 Å². The molecule has 0 atom stereocenters. The first kappa shape index (κ1) is 16.3. The first-order chi connectivity index (χ1) is 12.6. The number of H-pyrrole nitrogens is 1. The van der Waals surface area contributed by atoms with Crippen LogP contribution in [0.4, 0.5) is 4.39 Å². The molecule has 0 aliphatic carbocycles. The molecular formula is C22H19FN2O. The lowest BCUT2D eigenvalue weighted by molar-refractivity contribution is -0.129. The molecule has 0 bridgehead atoms. The SMILES string of the molecule is CN(Cc1ccc(F)cc1)C(=O)Cc1ccc2c(c1)[nH]c1ccccc12. The van der Waals surface area contributed by atoms with Gasteiger partial charge in [-0.15, -0.1) is 0 Å². The first-order valence-electron chi connectivity index (χ1n) is 8.58. The number of aromatic nitrogens is 1. The first-order valence-corrected chi connectivity index (χ1v) is 8.58. The van der Waals surface area contributed by atoms with Gasteiger partial charge in [0.1, 0.15) is 5.82 Å². The van der Waals surface area contributed by atoms with E-state index in [9.17, 15) is 9.18 Å². The van der Waals surface area contributed by atoms with Crippen molar-refractivity contribution in [1.29, 1.82) is 0 Å². The molecule has 4 rings (SSSR count). The number of rotatable bonds is 4. The number of fused-ring (bicyclic) bond motifs is 3. The zero-order valence-electron chi connectivity index (χ0n) is 14.5. The average molecular weight is 346 g/mol. The Morgan fingerprint density at radius 2 is 1.62 bits per heavy atom. The van der Waals surface area contributed by atoms with Crippen LogP contribution in [0.1, 0.15) is 11.1 Å². The highest BCUT2D eigenvalue weighted by atomic mass is 19.1. The molecule has 4 aromatic rings. The zero-order chi connectivity index (χ0) is 18.1. The Bertz CT molecular complexity index is 1080. The monoisotopic (exact) mass is 346 g/mol. The van der Waals surface area contributed by atoms with E-state index in [0.29, 0.717) is 13.0 Å². The molecule has 26 heavy (non-hydrogen) atoms. The van der Waals surface area contributed by atoms with Crippen molar-refractivity contribution < 1.29 is 9.18 Å². The number of aromatic amines is 1. The van der Waals surface area contributed by atoms with Crippen LogP contribution in [0.2, 0.25) is 0 Å². The van der Waals surface area contributed by atoms with Crippen molar-refractivity contribution in [2.24, 2.45) is 0 Å². The molecule has 0 unspecified atom stereocenters. The quantitative estimate of drug-likeness (QED) is 0.573. The Labute approximate surface area is 151 Å². The summed E-state index contributed by atoms with van der Waals surface area (Å²) >= 11 is 0. The number of nitrogens with one attached hydrogen (secondary N) is 1. The predicted molar refractivity (Wildman–Crippen MR) is 102 cm³/mol. The number of para-hydroxylation sites is 1. The minimum atomic E-state index is -0.269. The highest BCUT2D eigenvalue weighted by molar-refractivity contribution is 6.07. The summed E-state index contributed by atoms with van der Waals surface area (Å²) in [7, 11) is 1.77. The Kier molecular flexibility index (Phi) is 4.17.